The van der Waals surface area contributed by atoms with Crippen molar-refractivity contribution >= 4 is 44.9 Å². The van der Waals surface area contributed by atoms with E-state index >= 15 is 0 Å². The quantitative estimate of drug-likeness (QED) is 0.290. The predicted octanol–water partition coefficient (Wildman–Crippen LogP) is 5.58. The summed E-state index contributed by atoms with van der Waals surface area (Å²) >= 11 is 3.17. The lowest BCUT2D eigenvalue weighted by atomic mass is 10.2. The van der Waals surface area contributed by atoms with Gasteiger partial charge in [-0.25, -0.2) is 9.97 Å². The summed E-state index contributed by atoms with van der Waals surface area (Å²) in [7, 11) is 0. The highest BCUT2D eigenvalue weighted by Gasteiger charge is 2.18. The highest BCUT2D eigenvalue weighted by molar-refractivity contribution is 8.00. The molecule has 0 bridgehead atoms. The van der Waals surface area contributed by atoms with Gasteiger partial charge in [0.15, 0.2) is 0 Å². The summed E-state index contributed by atoms with van der Waals surface area (Å²) in [5.41, 5.74) is 2.00. The maximum absolute atomic E-state index is 13.2. The van der Waals surface area contributed by atoms with E-state index < -0.39 is 0 Å². The van der Waals surface area contributed by atoms with E-state index in [1.165, 1.54) is 16.6 Å². The Morgan fingerprint density at radius 3 is 2.48 bits per heavy atom. The Bertz CT molecular complexity index is 1100. The van der Waals surface area contributed by atoms with Crippen molar-refractivity contribution in [1.82, 2.24) is 9.97 Å². The number of benzene rings is 2. The van der Waals surface area contributed by atoms with Crippen LogP contribution in [0.2, 0.25) is 0 Å². The molecule has 2 aromatic heterocycles. The van der Waals surface area contributed by atoms with Crippen molar-refractivity contribution in [3.05, 3.63) is 83.5 Å². The number of para-hydroxylation sites is 1. The van der Waals surface area contributed by atoms with Crippen LogP contribution in [0.15, 0.2) is 78.1 Å². The smallest absolute Gasteiger partial charge is 0.237 e. The van der Waals surface area contributed by atoms with Gasteiger partial charge in [-0.15, -0.1) is 11.3 Å². The van der Waals surface area contributed by atoms with E-state index in [2.05, 4.69) is 23.0 Å². The number of thioether (sulfide) groups is 1. The predicted molar refractivity (Wildman–Crippen MR) is 122 cm³/mol. The zero-order valence-electron chi connectivity index (χ0n) is 16.1. The van der Waals surface area contributed by atoms with E-state index in [-0.39, 0.29) is 5.91 Å². The minimum absolute atomic E-state index is 0.0581. The van der Waals surface area contributed by atoms with Crippen molar-refractivity contribution in [1.29, 1.82) is 0 Å². The number of anilines is 1. The monoisotopic (exact) mass is 419 g/mol. The van der Waals surface area contributed by atoms with Gasteiger partial charge in [0.25, 0.3) is 0 Å². The van der Waals surface area contributed by atoms with Crippen LogP contribution in [0.25, 0.3) is 10.2 Å². The van der Waals surface area contributed by atoms with E-state index in [4.69, 9.17) is 0 Å². The third kappa shape index (κ3) is 4.66. The first kappa shape index (κ1) is 19.6. The van der Waals surface area contributed by atoms with Crippen LogP contribution in [0.3, 0.4) is 0 Å². The Balaban J connectivity index is 1.55. The number of carbonyl (C=O) groups is 1. The molecule has 0 saturated heterocycles. The number of thiophene rings is 1. The molecule has 0 N–H and O–H groups in total. The lowest BCUT2D eigenvalue weighted by molar-refractivity contribution is -0.116. The van der Waals surface area contributed by atoms with Gasteiger partial charge in [0.05, 0.1) is 12.3 Å². The normalized spacial score (nSPS) is 10.9. The molecule has 0 aliphatic rings. The fraction of sp³-hybridized carbons (Fsp3) is 0.174. The number of carbonyl (C=O) groups excluding carboxylic acids is 1. The average molecular weight is 420 g/mol. The van der Waals surface area contributed by atoms with Crippen molar-refractivity contribution < 1.29 is 4.79 Å². The van der Waals surface area contributed by atoms with Crippen LogP contribution in [0.5, 0.6) is 0 Å². The van der Waals surface area contributed by atoms with E-state index in [0.29, 0.717) is 12.3 Å². The summed E-state index contributed by atoms with van der Waals surface area (Å²) < 4.78 is 0. The van der Waals surface area contributed by atoms with Gasteiger partial charge in [-0.1, -0.05) is 67.2 Å². The van der Waals surface area contributed by atoms with E-state index in [1.807, 2.05) is 65.6 Å². The summed E-state index contributed by atoms with van der Waals surface area (Å²) in [4.78, 5) is 26.1. The second-order valence-corrected chi connectivity index (χ2v) is 8.63. The van der Waals surface area contributed by atoms with Gasteiger partial charge in [0.1, 0.15) is 16.2 Å². The SMILES string of the molecule is CCc1cc2c(SCC(=O)N(Cc3ccccc3)c3ccccc3)ncnc2s1. The number of fused-ring (bicyclic) bond motifs is 1. The number of hydrogen-bond acceptors (Lipinski definition) is 5. The molecular weight excluding hydrogens is 398 g/mol. The van der Waals surface area contributed by atoms with Crippen LogP contribution in [0, 0.1) is 0 Å². The molecule has 146 valence electrons. The Morgan fingerprint density at radius 1 is 1.03 bits per heavy atom. The van der Waals surface area contributed by atoms with Gasteiger partial charge in [-0.05, 0) is 30.2 Å². The minimum Gasteiger partial charge on any atom is -0.307 e. The Hall–Kier alpha value is -2.70. The molecule has 29 heavy (non-hydrogen) atoms. The fourth-order valence-corrected chi connectivity index (χ4v) is 4.93. The maximum Gasteiger partial charge on any atom is 0.237 e. The van der Waals surface area contributed by atoms with E-state index in [0.717, 1.165) is 32.9 Å². The summed E-state index contributed by atoms with van der Waals surface area (Å²) in [6.07, 6.45) is 2.56. The number of rotatable bonds is 7. The van der Waals surface area contributed by atoms with E-state index in [1.54, 1.807) is 17.7 Å². The van der Waals surface area contributed by atoms with Crippen molar-refractivity contribution in [2.24, 2.45) is 0 Å². The second kappa shape index (κ2) is 9.20. The van der Waals surface area contributed by atoms with Crippen molar-refractivity contribution in [3.8, 4) is 0 Å². The molecule has 6 heteroatoms. The molecule has 0 saturated carbocycles. The molecule has 0 radical (unpaired) electrons. The van der Waals surface area contributed by atoms with E-state index in [9.17, 15) is 4.79 Å². The van der Waals surface area contributed by atoms with Crippen LogP contribution >= 0.6 is 23.1 Å². The van der Waals surface area contributed by atoms with Crippen molar-refractivity contribution in [3.63, 3.8) is 0 Å². The van der Waals surface area contributed by atoms with Crippen LogP contribution < -0.4 is 4.90 Å². The molecule has 0 spiro atoms. The first-order chi connectivity index (χ1) is 14.2. The van der Waals surface area contributed by atoms with Crippen LogP contribution in [-0.2, 0) is 17.8 Å². The van der Waals surface area contributed by atoms with Gasteiger partial charge in [-0.3, -0.25) is 4.79 Å². The highest BCUT2D eigenvalue weighted by atomic mass is 32.2. The number of hydrogen-bond donors (Lipinski definition) is 0. The molecule has 0 unspecified atom stereocenters. The fourth-order valence-electron chi connectivity index (χ4n) is 3.08. The van der Waals surface area contributed by atoms with Crippen LogP contribution in [0.4, 0.5) is 5.69 Å². The highest BCUT2D eigenvalue weighted by Crippen LogP contribution is 2.31. The first-order valence-corrected chi connectivity index (χ1v) is 11.3. The van der Waals surface area contributed by atoms with Crippen LogP contribution in [-0.4, -0.2) is 21.6 Å². The van der Waals surface area contributed by atoms with Gasteiger partial charge in [0.2, 0.25) is 5.91 Å². The molecule has 4 nitrogen and oxygen atoms in total. The van der Waals surface area contributed by atoms with Gasteiger partial charge < -0.3 is 4.90 Å². The van der Waals surface area contributed by atoms with Gasteiger partial charge in [-0.2, -0.15) is 0 Å². The van der Waals surface area contributed by atoms with Crippen LogP contribution in [0.1, 0.15) is 17.4 Å². The molecular formula is C23H21N3OS2. The third-order valence-corrected chi connectivity index (χ3v) is 6.75. The molecule has 0 fully saturated rings. The molecule has 0 atom stereocenters. The number of amides is 1. The number of nitrogens with zero attached hydrogens (tertiary/aromatic N) is 3. The molecule has 2 heterocycles. The lowest BCUT2D eigenvalue weighted by Crippen LogP contribution is -2.31. The zero-order valence-corrected chi connectivity index (χ0v) is 17.7. The van der Waals surface area contributed by atoms with Crippen molar-refractivity contribution in [2.45, 2.75) is 24.9 Å². The largest absolute Gasteiger partial charge is 0.307 e. The lowest BCUT2D eigenvalue weighted by Gasteiger charge is -2.23. The zero-order chi connectivity index (χ0) is 20.1. The van der Waals surface area contributed by atoms with Gasteiger partial charge >= 0.3 is 0 Å². The topological polar surface area (TPSA) is 46.1 Å². The van der Waals surface area contributed by atoms with Crippen molar-refractivity contribution in [2.75, 3.05) is 10.7 Å². The Morgan fingerprint density at radius 2 is 1.76 bits per heavy atom. The second-order valence-electron chi connectivity index (χ2n) is 6.55. The minimum atomic E-state index is 0.0581. The Kier molecular flexibility index (Phi) is 6.22. The molecule has 0 aliphatic carbocycles. The summed E-state index contributed by atoms with van der Waals surface area (Å²) in [5, 5.41) is 1.91. The summed E-state index contributed by atoms with van der Waals surface area (Å²) in [6.45, 7) is 2.68. The average Bonchev–Trinajstić information content (AvgIpc) is 3.21. The summed E-state index contributed by atoms with van der Waals surface area (Å²) in [5.74, 6) is 0.383. The Labute approximate surface area is 178 Å². The van der Waals surface area contributed by atoms with Gasteiger partial charge in [0, 0.05) is 16.0 Å². The molecule has 1 amide bonds. The number of aryl methyl sites for hydroxylation is 1. The first-order valence-electron chi connectivity index (χ1n) is 9.50. The summed E-state index contributed by atoms with van der Waals surface area (Å²) in [6, 6.07) is 22.0. The molecule has 0 aliphatic heterocycles. The third-order valence-electron chi connectivity index (χ3n) is 4.58. The molecule has 4 rings (SSSR count). The number of aromatic nitrogens is 2. The maximum atomic E-state index is 13.2. The molecule has 2 aromatic carbocycles. The standard InChI is InChI=1S/C23H21N3OS2/c1-2-19-13-20-22(24-16-25-23(20)29-19)28-15-21(27)26(18-11-7-4-8-12-18)14-17-9-5-3-6-10-17/h3-13,16H,2,14-15H2,1H3. The molecule has 4 aromatic rings.